The molecule has 10 heteroatoms. The molecule has 0 unspecified atom stereocenters. The molecule has 0 spiro atoms. The standard InChI is InChI=1S/CH2O2.Mg.H2O4S.2H2O/c2-1-3;;1-5(2,3)4;;/h1H,(H,2,3);;(H2,1,2,3,4);2*1H2/q;+2;;;/p-2. The fourth-order valence-electron chi connectivity index (χ4n) is 0. The second-order valence-electron chi connectivity index (χ2n) is 0.524. The number of rotatable bonds is 0. The first kappa shape index (κ1) is 30.5. The van der Waals surface area contributed by atoms with Crippen LogP contribution in [0.4, 0.5) is 0 Å². The van der Waals surface area contributed by atoms with Gasteiger partial charge >= 0.3 is 23.1 Å². The van der Waals surface area contributed by atoms with Crippen molar-refractivity contribution in [1.29, 1.82) is 0 Å². The normalized spacial score (nSPS) is 6.36. The molecule has 5 N–H and O–H groups in total. The predicted octanol–water partition coefficient (Wildman–Crippen LogP) is -4.66. The SMILES string of the molecule is O.O.O=C[O-].O=S(=O)([O-])O.[Mg+2]. The Bertz CT molecular complexity index is 128. The van der Waals surface area contributed by atoms with Gasteiger partial charge < -0.3 is 25.4 Å². The van der Waals surface area contributed by atoms with Crippen molar-refractivity contribution in [3.63, 3.8) is 0 Å². The maximum atomic E-state index is 8.63. The first-order valence-corrected chi connectivity index (χ1v) is 2.52. The van der Waals surface area contributed by atoms with Crippen LogP contribution in [0.25, 0.3) is 0 Å². The predicted molar refractivity (Wildman–Crippen MR) is 31.4 cm³/mol. The van der Waals surface area contributed by atoms with Crippen LogP contribution in [0.5, 0.6) is 0 Å². The molecule has 0 bridgehead atoms. The van der Waals surface area contributed by atoms with E-state index in [2.05, 4.69) is 0 Å². The minimum Gasteiger partial charge on any atom is -0.726 e. The Hall–Kier alpha value is 0.0262. The minimum absolute atomic E-state index is 0. The summed E-state index contributed by atoms with van der Waals surface area (Å²) in [6.07, 6.45) is 0. The van der Waals surface area contributed by atoms with Gasteiger partial charge in [-0.3, -0.25) is 4.55 Å². The second-order valence-corrected chi connectivity index (χ2v) is 1.38. The largest absolute Gasteiger partial charge is 2.00 e. The van der Waals surface area contributed by atoms with Crippen LogP contribution in [-0.4, -0.2) is 58.0 Å². The average molecular weight is 202 g/mol. The Morgan fingerprint density at radius 3 is 1.27 bits per heavy atom. The smallest absolute Gasteiger partial charge is 0.726 e. The molecule has 0 atom stereocenters. The third-order valence-corrected chi connectivity index (χ3v) is 0. The molecule has 0 aromatic heterocycles. The zero-order valence-corrected chi connectivity index (χ0v) is 7.41. The van der Waals surface area contributed by atoms with Gasteiger partial charge in [-0.1, -0.05) is 0 Å². The van der Waals surface area contributed by atoms with Crippen molar-refractivity contribution in [2.45, 2.75) is 0 Å². The quantitative estimate of drug-likeness (QED) is 0.178. The van der Waals surface area contributed by atoms with Crippen molar-refractivity contribution < 1.29 is 38.4 Å². The zero-order valence-electron chi connectivity index (χ0n) is 5.18. The molecule has 0 saturated carbocycles. The first-order valence-electron chi connectivity index (χ1n) is 1.15. The molecule has 0 aromatic rings. The van der Waals surface area contributed by atoms with Gasteiger partial charge in [0, 0.05) is 6.47 Å². The summed E-state index contributed by atoms with van der Waals surface area (Å²) >= 11 is 0. The van der Waals surface area contributed by atoms with Gasteiger partial charge in [0.25, 0.3) is 0 Å². The van der Waals surface area contributed by atoms with Crippen molar-refractivity contribution in [3.05, 3.63) is 0 Å². The molecule has 0 rings (SSSR count). The van der Waals surface area contributed by atoms with E-state index in [4.69, 9.17) is 27.4 Å². The Labute approximate surface area is 78.6 Å². The molecule has 8 nitrogen and oxygen atoms in total. The van der Waals surface area contributed by atoms with Crippen LogP contribution >= 0.6 is 0 Å². The maximum absolute atomic E-state index is 8.63. The van der Waals surface area contributed by atoms with Gasteiger partial charge in [-0.15, -0.1) is 0 Å². The number of hydrogen-bond donors (Lipinski definition) is 1. The molecule has 0 radical (unpaired) electrons. The Morgan fingerprint density at radius 2 is 1.27 bits per heavy atom. The summed E-state index contributed by atoms with van der Waals surface area (Å²) in [5, 5.41) is 8.25. The average Bonchev–Trinajstić information content (AvgIpc) is 1.27. The zero-order chi connectivity index (χ0) is 7.21. The van der Waals surface area contributed by atoms with Crippen LogP contribution in [0.2, 0.25) is 0 Å². The van der Waals surface area contributed by atoms with Crippen molar-refractivity contribution in [3.8, 4) is 0 Å². The summed E-state index contributed by atoms with van der Waals surface area (Å²) in [6.45, 7) is -0.500. The molecule has 0 fully saturated rings. The van der Waals surface area contributed by atoms with E-state index >= 15 is 0 Å². The topological polar surface area (TPSA) is 181 Å². The van der Waals surface area contributed by atoms with Gasteiger partial charge in [-0.2, -0.15) is 0 Å². The molecule has 0 aromatic carbocycles. The van der Waals surface area contributed by atoms with Gasteiger partial charge in [0.2, 0.25) is 10.4 Å². The minimum atomic E-state index is -4.92. The maximum Gasteiger partial charge on any atom is 2.00 e. The number of carboxylic acid groups (broad SMARTS) is 1. The molecule has 0 aliphatic carbocycles. The van der Waals surface area contributed by atoms with E-state index in [1.807, 2.05) is 0 Å². The Balaban J connectivity index is -0.0000000183. The second kappa shape index (κ2) is 16.5. The van der Waals surface area contributed by atoms with Crippen LogP contribution in [-0.2, 0) is 15.2 Å². The molecule has 0 saturated heterocycles. The van der Waals surface area contributed by atoms with E-state index in [1.165, 1.54) is 0 Å². The monoisotopic (exact) mass is 202 g/mol. The third kappa shape index (κ3) is 939000. The van der Waals surface area contributed by atoms with Gasteiger partial charge in [-0.25, -0.2) is 8.42 Å². The molecule has 0 amide bonds. The van der Waals surface area contributed by atoms with Crippen LogP contribution in [0.3, 0.4) is 0 Å². The van der Waals surface area contributed by atoms with Crippen molar-refractivity contribution in [2.24, 2.45) is 0 Å². The van der Waals surface area contributed by atoms with Gasteiger partial charge in [-0.05, 0) is 0 Å². The van der Waals surface area contributed by atoms with Crippen LogP contribution in [0.1, 0.15) is 0 Å². The van der Waals surface area contributed by atoms with Gasteiger partial charge in [0.15, 0.2) is 0 Å². The van der Waals surface area contributed by atoms with Crippen LogP contribution in [0.15, 0.2) is 0 Å². The number of hydrogen-bond acceptors (Lipinski definition) is 5. The van der Waals surface area contributed by atoms with E-state index in [-0.39, 0.29) is 34.0 Å². The molecular formula is CH6MgO8S. The van der Waals surface area contributed by atoms with E-state index in [9.17, 15) is 0 Å². The third-order valence-electron chi connectivity index (χ3n) is 0. The summed E-state index contributed by atoms with van der Waals surface area (Å²) in [4.78, 5) is 8.25. The van der Waals surface area contributed by atoms with Crippen LogP contribution < -0.4 is 5.11 Å². The summed E-state index contributed by atoms with van der Waals surface area (Å²) in [5.74, 6) is 0. The fourth-order valence-corrected chi connectivity index (χ4v) is 0. The molecule has 11 heavy (non-hydrogen) atoms. The molecule has 66 valence electrons. The van der Waals surface area contributed by atoms with E-state index in [1.54, 1.807) is 0 Å². The molecular weight excluding hydrogens is 196 g/mol. The first-order chi connectivity index (χ1) is 3.41. The summed E-state index contributed by atoms with van der Waals surface area (Å²) in [7, 11) is -4.92. The Morgan fingerprint density at radius 1 is 1.27 bits per heavy atom. The summed E-state index contributed by atoms with van der Waals surface area (Å²) in [5.41, 5.74) is 0. The Kier molecular flexibility index (Phi) is 45.9. The molecule has 0 aliphatic heterocycles. The number of carbonyl (C=O) groups is 1. The van der Waals surface area contributed by atoms with Crippen molar-refractivity contribution in [2.75, 3.05) is 0 Å². The van der Waals surface area contributed by atoms with Crippen LogP contribution in [0, 0.1) is 0 Å². The van der Waals surface area contributed by atoms with E-state index < -0.39 is 16.9 Å². The molecule has 0 aliphatic rings. The summed E-state index contributed by atoms with van der Waals surface area (Å²) < 4.78 is 32.8. The van der Waals surface area contributed by atoms with Gasteiger partial charge in [0.05, 0.1) is 0 Å². The van der Waals surface area contributed by atoms with E-state index in [0.717, 1.165) is 0 Å². The van der Waals surface area contributed by atoms with Gasteiger partial charge in [0.1, 0.15) is 0 Å². The number of carbonyl (C=O) groups excluding carboxylic acids is 1. The molecule has 0 heterocycles. The van der Waals surface area contributed by atoms with Crippen molar-refractivity contribution >= 4 is 39.9 Å². The fraction of sp³-hybridized carbons (Fsp3) is 0. The van der Waals surface area contributed by atoms with Crippen molar-refractivity contribution in [1.82, 2.24) is 0 Å². The van der Waals surface area contributed by atoms with E-state index in [0.29, 0.717) is 0 Å². The summed E-state index contributed by atoms with van der Waals surface area (Å²) in [6, 6.07) is 0.